The fraction of sp³-hybridized carbons (Fsp3) is 0.692. The molecule has 1 saturated carbocycles. The maximum atomic E-state index is 9.19. The second kappa shape index (κ2) is 4.79. The van der Waals surface area contributed by atoms with Gasteiger partial charge in [0.15, 0.2) is 0 Å². The zero-order chi connectivity index (χ0) is 12.4. The van der Waals surface area contributed by atoms with Crippen molar-refractivity contribution in [2.75, 3.05) is 18.5 Å². The lowest BCUT2D eigenvalue weighted by Gasteiger charge is -2.23. The van der Waals surface area contributed by atoms with E-state index in [4.69, 9.17) is 0 Å². The third-order valence-corrected chi connectivity index (χ3v) is 3.67. The quantitative estimate of drug-likeness (QED) is 0.802. The van der Waals surface area contributed by atoms with Crippen molar-refractivity contribution in [2.24, 2.45) is 13.0 Å². The number of rotatable bonds is 3. The SMILES string of the molecule is Cc1nn(C)c(N(C)CC2CCCC2)c1C#N. The topological polar surface area (TPSA) is 44.9 Å². The molecule has 92 valence electrons. The predicted molar refractivity (Wildman–Crippen MR) is 67.9 cm³/mol. The van der Waals surface area contributed by atoms with Gasteiger partial charge in [-0.3, -0.25) is 4.68 Å². The summed E-state index contributed by atoms with van der Waals surface area (Å²) in [6.07, 6.45) is 5.36. The van der Waals surface area contributed by atoms with Gasteiger partial charge in [-0.1, -0.05) is 12.8 Å². The molecule has 0 radical (unpaired) electrons. The molecule has 0 unspecified atom stereocenters. The standard InChI is InChI=1S/C13H20N4/c1-10-12(8-14)13(17(3)15-10)16(2)9-11-6-4-5-7-11/h11H,4-7,9H2,1-3H3. The molecular weight excluding hydrogens is 212 g/mol. The van der Waals surface area contributed by atoms with Crippen molar-refractivity contribution in [1.29, 1.82) is 5.26 Å². The summed E-state index contributed by atoms with van der Waals surface area (Å²) in [5, 5.41) is 13.5. The maximum Gasteiger partial charge on any atom is 0.144 e. The molecule has 0 aliphatic heterocycles. The van der Waals surface area contributed by atoms with Crippen molar-refractivity contribution in [2.45, 2.75) is 32.6 Å². The monoisotopic (exact) mass is 232 g/mol. The van der Waals surface area contributed by atoms with E-state index in [2.05, 4.69) is 23.1 Å². The third kappa shape index (κ3) is 2.28. The Kier molecular flexibility index (Phi) is 3.37. The molecule has 4 heteroatoms. The molecule has 2 rings (SSSR count). The van der Waals surface area contributed by atoms with E-state index in [0.717, 1.165) is 24.0 Å². The number of nitrogens with zero attached hydrogens (tertiary/aromatic N) is 4. The van der Waals surface area contributed by atoms with Crippen LogP contribution in [-0.4, -0.2) is 23.4 Å². The lowest BCUT2D eigenvalue weighted by molar-refractivity contribution is 0.539. The largest absolute Gasteiger partial charge is 0.359 e. The first-order chi connectivity index (χ1) is 8.13. The molecule has 1 heterocycles. The summed E-state index contributed by atoms with van der Waals surface area (Å²) in [7, 11) is 3.98. The number of aryl methyl sites for hydroxylation is 2. The number of hydrogen-bond donors (Lipinski definition) is 0. The van der Waals surface area contributed by atoms with E-state index in [0.29, 0.717) is 5.56 Å². The number of anilines is 1. The summed E-state index contributed by atoms with van der Waals surface area (Å²) < 4.78 is 1.82. The number of nitriles is 1. The molecule has 0 spiro atoms. The van der Waals surface area contributed by atoms with Gasteiger partial charge < -0.3 is 4.90 Å². The molecule has 0 bridgehead atoms. The smallest absolute Gasteiger partial charge is 0.144 e. The van der Waals surface area contributed by atoms with Crippen LogP contribution in [-0.2, 0) is 7.05 Å². The maximum absolute atomic E-state index is 9.19. The van der Waals surface area contributed by atoms with Crippen LogP contribution in [0, 0.1) is 24.2 Å². The van der Waals surface area contributed by atoms with Gasteiger partial charge in [-0.25, -0.2) is 0 Å². The normalized spacial score (nSPS) is 16.1. The Hall–Kier alpha value is -1.50. The molecule has 1 aromatic heterocycles. The van der Waals surface area contributed by atoms with Crippen LogP contribution >= 0.6 is 0 Å². The molecule has 1 aromatic rings. The van der Waals surface area contributed by atoms with Gasteiger partial charge in [-0.15, -0.1) is 0 Å². The molecule has 0 aromatic carbocycles. The summed E-state index contributed by atoms with van der Waals surface area (Å²) in [4.78, 5) is 2.19. The number of aromatic nitrogens is 2. The zero-order valence-electron chi connectivity index (χ0n) is 10.9. The van der Waals surface area contributed by atoms with Crippen LogP contribution in [0.15, 0.2) is 0 Å². The van der Waals surface area contributed by atoms with Crippen molar-refractivity contribution in [3.63, 3.8) is 0 Å². The molecule has 0 amide bonds. The first-order valence-electron chi connectivity index (χ1n) is 6.28. The minimum absolute atomic E-state index is 0.716. The van der Waals surface area contributed by atoms with Crippen LogP contribution in [0.4, 0.5) is 5.82 Å². The second-order valence-electron chi connectivity index (χ2n) is 5.05. The molecule has 0 atom stereocenters. The van der Waals surface area contributed by atoms with E-state index in [1.54, 1.807) is 0 Å². The number of hydrogen-bond acceptors (Lipinski definition) is 3. The summed E-state index contributed by atoms with van der Waals surface area (Å²) in [6, 6.07) is 2.27. The Labute approximate surface area is 103 Å². The molecule has 1 aliphatic rings. The van der Waals surface area contributed by atoms with Crippen LogP contribution in [0.2, 0.25) is 0 Å². The van der Waals surface area contributed by atoms with Gasteiger partial charge in [0.05, 0.1) is 5.69 Å². The van der Waals surface area contributed by atoms with E-state index in [1.807, 2.05) is 18.7 Å². The fourth-order valence-corrected chi connectivity index (χ4v) is 2.88. The van der Waals surface area contributed by atoms with Crippen molar-refractivity contribution in [1.82, 2.24) is 9.78 Å². The lowest BCUT2D eigenvalue weighted by atomic mass is 10.1. The minimum atomic E-state index is 0.716. The molecular formula is C13H20N4. The molecule has 0 N–H and O–H groups in total. The van der Waals surface area contributed by atoms with E-state index in [1.165, 1.54) is 25.7 Å². The average molecular weight is 232 g/mol. The van der Waals surface area contributed by atoms with E-state index in [-0.39, 0.29) is 0 Å². The highest BCUT2D eigenvalue weighted by atomic mass is 15.4. The van der Waals surface area contributed by atoms with Crippen LogP contribution in [0.3, 0.4) is 0 Å². The Morgan fingerprint density at radius 3 is 2.71 bits per heavy atom. The molecule has 4 nitrogen and oxygen atoms in total. The second-order valence-corrected chi connectivity index (χ2v) is 5.05. The van der Waals surface area contributed by atoms with Crippen LogP contribution in [0.1, 0.15) is 36.9 Å². The Morgan fingerprint density at radius 1 is 1.47 bits per heavy atom. The van der Waals surface area contributed by atoms with Gasteiger partial charge in [-0.05, 0) is 25.7 Å². The van der Waals surface area contributed by atoms with Gasteiger partial charge in [-0.2, -0.15) is 10.4 Å². The van der Waals surface area contributed by atoms with E-state index >= 15 is 0 Å². The van der Waals surface area contributed by atoms with Crippen molar-refractivity contribution in [3.05, 3.63) is 11.3 Å². The van der Waals surface area contributed by atoms with Gasteiger partial charge in [0.25, 0.3) is 0 Å². The summed E-state index contributed by atoms with van der Waals surface area (Å²) in [5.74, 6) is 1.73. The van der Waals surface area contributed by atoms with E-state index in [9.17, 15) is 5.26 Å². The molecule has 1 fully saturated rings. The predicted octanol–water partition coefficient (Wildman–Crippen LogP) is 2.23. The molecule has 0 saturated heterocycles. The highest BCUT2D eigenvalue weighted by molar-refractivity contribution is 5.56. The van der Waals surface area contributed by atoms with Crippen LogP contribution in [0.5, 0.6) is 0 Å². The zero-order valence-corrected chi connectivity index (χ0v) is 10.9. The lowest BCUT2D eigenvalue weighted by Crippen LogP contribution is -2.26. The van der Waals surface area contributed by atoms with Gasteiger partial charge >= 0.3 is 0 Å². The van der Waals surface area contributed by atoms with Gasteiger partial charge in [0.1, 0.15) is 17.5 Å². The van der Waals surface area contributed by atoms with Gasteiger partial charge in [0, 0.05) is 20.6 Å². The average Bonchev–Trinajstić information content (AvgIpc) is 2.85. The van der Waals surface area contributed by atoms with Crippen molar-refractivity contribution in [3.8, 4) is 6.07 Å². The van der Waals surface area contributed by atoms with E-state index < -0.39 is 0 Å². The summed E-state index contributed by atoms with van der Waals surface area (Å²) in [6.45, 7) is 2.93. The van der Waals surface area contributed by atoms with Crippen molar-refractivity contribution < 1.29 is 0 Å². The first-order valence-corrected chi connectivity index (χ1v) is 6.28. The molecule has 17 heavy (non-hydrogen) atoms. The Balaban J connectivity index is 2.18. The summed E-state index contributed by atoms with van der Waals surface area (Å²) >= 11 is 0. The van der Waals surface area contributed by atoms with Crippen LogP contribution < -0.4 is 4.90 Å². The van der Waals surface area contributed by atoms with Crippen molar-refractivity contribution >= 4 is 5.82 Å². The Morgan fingerprint density at radius 2 is 2.12 bits per heavy atom. The highest BCUT2D eigenvalue weighted by Gasteiger charge is 2.21. The Bertz CT molecular complexity index is 435. The minimum Gasteiger partial charge on any atom is -0.359 e. The summed E-state index contributed by atoms with van der Waals surface area (Å²) in [5.41, 5.74) is 1.54. The molecule has 1 aliphatic carbocycles. The third-order valence-electron chi connectivity index (χ3n) is 3.67. The first kappa shape index (κ1) is 12.0. The van der Waals surface area contributed by atoms with Gasteiger partial charge in [0.2, 0.25) is 0 Å². The fourth-order valence-electron chi connectivity index (χ4n) is 2.88. The van der Waals surface area contributed by atoms with Crippen LogP contribution in [0.25, 0.3) is 0 Å². The highest BCUT2D eigenvalue weighted by Crippen LogP contribution is 2.28.